The first-order chi connectivity index (χ1) is 18.5. The van der Waals surface area contributed by atoms with Gasteiger partial charge in [-0.25, -0.2) is 4.98 Å². The molecular weight excluding hydrogens is 478 g/mol. The van der Waals surface area contributed by atoms with Crippen molar-refractivity contribution in [2.75, 3.05) is 18.0 Å². The molecule has 0 unspecified atom stereocenters. The number of amides is 2. The van der Waals surface area contributed by atoms with E-state index in [1.807, 2.05) is 60.0 Å². The van der Waals surface area contributed by atoms with Crippen LogP contribution in [0.1, 0.15) is 42.1 Å². The summed E-state index contributed by atoms with van der Waals surface area (Å²) in [5.41, 5.74) is 4.29. The molecule has 0 saturated carbocycles. The molecule has 4 aromatic rings. The summed E-state index contributed by atoms with van der Waals surface area (Å²) in [6.07, 6.45) is 4.31. The SMILES string of the molecule is CC(=O)N[C@H](Cc1ccccc1)C(=O)NC1CCN(c2c(Cc3ccccc3)c(C)nc3ncnn23)CC1. The molecule has 3 heterocycles. The summed E-state index contributed by atoms with van der Waals surface area (Å²) in [5, 5.41) is 10.5. The maximum Gasteiger partial charge on any atom is 0.254 e. The van der Waals surface area contributed by atoms with E-state index >= 15 is 0 Å². The first-order valence-corrected chi connectivity index (χ1v) is 13.1. The van der Waals surface area contributed by atoms with Crippen LogP contribution in [-0.2, 0) is 22.4 Å². The number of hydrogen-bond donors (Lipinski definition) is 2. The van der Waals surface area contributed by atoms with Crippen LogP contribution in [0, 0.1) is 6.92 Å². The van der Waals surface area contributed by atoms with Crippen molar-refractivity contribution in [3.8, 4) is 0 Å². The van der Waals surface area contributed by atoms with Gasteiger partial charge < -0.3 is 15.5 Å². The molecule has 0 spiro atoms. The number of rotatable bonds is 8. The molecule has 1 atom stereocenters. The van der Waals surface area contributed by atoms with Gasteiger partial charge in [-0.15, -0.1) is 0 Å². The van der Waals surface area contributed by atoms with E-state index in [9.17, 15) is 9.59 Å². The van der Waals surface area contributed by atoms with Gasteiger partial charge in [-0.05, 0) is 30.9 Å². The molecule has 5 rings (SSSR count). The van der Waals surface area contributed by atoms with Crippen molar-refractivity contribution in [2.45, 2.75) is 51.6 Å². The number of aryl methyl sites for hydroxylation is 1. The van der Waals surface area contributed by atoms with Crippen molar-refractivity contribution >= 4 is 23.4 Å². The maximum absolute atomic E-state index is 13.2. The van der Waals surface area contributed by atoms with Gasteiger partial charge in [0.15, 0.2) is 0 Å². The van der Waals surface area contributed by atoms with E-state index in [0.717, 1.165) is 55.0 Å². The molecule has 0 radical (unpaired) electrons. The minimum atomic E-state index is -0.608. The number of piperidine rings is 1. The van der Waals surface area contributed by atoms with E-state index in [1.54, 1.807) is 6.33 Å². The average molecular weight is 512 g/mol. The molecule has 2 amide bonds. The number of fused-ring (bicyclic) bond motifs is 1. The van der Waals surface area contributed by atoms with Crippen LogP contribution in [0.3, 0.4) is 0 Å². The van der Waals surface area contributed by atoms with Crippen molar-refractivity contribution < 1.29 is 9.59 Å². The van der Waals surface area contributed by atoms with Crippen LogP contribution in [-0.4, -0.2) is 56.6 Å². The standard InChI is InChI=1S/C29H33N7O2/c1-20-25(17-22-9-5-3-6-10-22)28(36-29(32-20)30-19-31-36)35-15-13-24(14-16-35)34-27(38)26(33-21(2)37)18-23-11-7-4-8-12-23/h3-12,19,24,26H,13-18H2,1-2H3,(H,33,37)(H,34,38)/t26-/m1/s1. The molecular formula is C29H33N7O2. The first-order valence-electron chi connectivity index (χ1n) is 13.1. The Kier molecular flexibility index (Phi) is 7.62. The van der Waals surface area contributed by atoms with E-state index in [-0.39, 0.29) is 17.9 Å². The summed E-state index contributed by atoms with van der Waals surface area (Å²) in [6.45, 7) is 4.99. The normalized spacial score (nSPS) is 14.8. The molecule has 1 saturated heterocycles. The number of anilines is 1. The molecule has 1 aliphatic heterocycles. The molecule has 196 valence electrons. The molecule has 2 N–H and O–H groups in total. The van der Waals surface area contributed by atoms with Crippen LogP contribution in [0.15, 0.2) is 67.0 Å². The molecule has 0 bridgehead atoms. The number of hydrogen-bond acceptors (Lipinski definition) is 6. The second-order valence-corrected chi connectivity index (χ2v) is 9.85. The smallest absolute Gasteiger partial charge is 0.254 e. The summed E-state index contributed by atoms with van der Waals surface area (Å²) < 4.78 is 1.83. The quantitative estimate of drug-likeness (QED) is 0.377. The van der Waals surface area contributed by atoms with Gasteiger partial charge in [-0.3, -0.25) is 9.59 Å². The monoisotopic (exact) mass is 511 g/mol. The van der Waals surface area contributed by atoms with Crippen molar-refractivity contribution in [1.29, 1.82) is 0 Å². The minimum absolute atomic E-state index is 0.0255. The number of carbonyl (C=O) groups excluding carboxylic acids is 2. The van der Waals surface area contributed by atoms with Crippen molar-refractivity contribution in [3.63, 3.8) is 0 Å². The summed E-state index contributed by atoms with van der Waals surface area (Å²) in [4.78, 5) is 36.3. The average Bonchev–Trinajstić information content (AvgIpc) is 3.38. The highest BCUT2D eigenvalue weighted by Gasteiger charge is 2.28. The van der Waals surface area contributed by atoms with Gasteiger partial charge in [0.2, 0.25) is 11.8 Å². The lowest BCUT2D eigenvalue weighted by atomic mass is 10.00. The first kappa shape index (κ1) is 25.4. The molecule has 1 fully saturated rings. The highest BCUT2D eigenvalue weighted by Crippen LogP contribution is 2.28. The molecule has 38 heavy (non-hydrogen) atoms. The molecule has 1 aliphatic rings. The third-order valence-electron chi connectivity index (χ3n) is 7.05. The number of nitrogens with one attached hydrogen (secondary N) is 2. The van der Waals surface area contributed by atoms with Gasteiger partial charge in [0.05, 0.1) is 0 Å². The minimum Gasteiger partial charge on any atom is -0.356 e. The van der Waals surface area contributed by atoms with Gasteiger partial charge in [-0.1, -0.05) is 60.7 Å². The van der Waals surface area contributed by atoms with E-state index in [0.29, 0.717) is 12.2 Å². The highest BCUT2D eigenvalue weighted by molar-refractivity contribution is 5.87. The van der Waals surface area contributed by atoms with E-state index in [4.69, 9.17) is 4.98 Å². The fourth-order valence-electron chi connectivity index (χ4n) is 5.14. The van der Waals surface area contributed by atoms with Crippen LogP contribution in [0.4, 0.5) is 5.82 Å². The van der Waals surface area contributed by atoms with Crippen molar-refractivity contribution in [3.05, 3.63) is 89.4 Å². The molecule has 2 aromatic heterocycles. The van der Waals surface area contributed by atoms with Crippen molar-refractivity contribution in [2.24, 2.45) is 0 Å². The fraction of sp³-hybridized carbons (Fsp3) is 0.345. The van der Waals surface area contributed by atoms with E-state index in [1.165, 1.54) is 12.5 Å². The van der Waals surface area contributed by atoms with Gasteiger partial charge >= 0.3 is 0 Å². The van der Waals surface area contributed by atoms with Gasteiger partial charge in [0, 0.05) is 50.2 Å². The molecule has 9 heteroatoms. The summed E-state index contributed by atoms with van der Waals surface area (Å²) >= 11 is 0. The predicted octanol–water partition coefficient (Wildman–Crippen LogP) is 2.86. The second kappa shape index (κ2) is 11.4. The zero-order valence-corrected chi connectivity index (χ0v) is 21.8. The number of benzene rings is 2. The zero-order valence-electron chi connectivity index (χ0n) is 21.8. The Morgan fingerprint density at radius 3 is 2.32 bits per heavy atom. The predicted molar refractivity (Wildman–Crippen MR) is 146 cm³/mol. The largest absolute Gasteiger partial charge is 0.356 e. The lowest BCUT2D eigenvalue weighted by Crippen LogP contribution is -2.52. The number of nitrogens with zero attached hydrogens (tertiary/aromatic N) is 5. The van der Waals surface area contributed by atoms with Crippen LogP contribution < -0.4 is 15.5 Å². The van der Waals surface area contributed by atoms with Crippen LogP contribution in [0.5, 0.6) is 0 Å². The maximum atomic E-state index is 13.2. The Hall–Kier alpha value is -4.27. The Morgan fingerprint density at radius 1 is 1.00 bits per heavy atom. The zero-order chi connectivity index (χ0) is 26.5. The van der Waals surface area contributed by atoms with Gasteiger partial charge in [0.25, 0.3) is 5.78 Å². The molecule has 9 nitrogen and oxygen atoms in total. The molecule has 0 aliphatic carbocycles. The van der Waals surface area contributed by atoms with E-state index in [2.05, 4.69) is 37.7 Å². The highest BCUT2D eigenvalue weighted by atomic mass is 16.2. The topological polar surface area (TPSA) is 105 Å². The van der Waals surface area contributed by atoms with Crippen LogP contribution in [0.2, 0.25) is 0 Å². The fourth-order valence-corrected chi connectivity index (χ4v) is 5.14. The van der Waals surface area contributed by atoms with Gasteiger partial charge in [-0.2, -0.15) is 14.6 Å². The second-order valence-electron chi connectivity index (χ2n) is 9.85. The molecule has 2 aromatic carbocycles. The summed E-state index contributed by atoms with van der Waals surface area (Å²) in [7, 11) is 0. The van der Waals surface area contributed by atoms with Gasteiger partial charge in [0.1, 0.15) is 18.2 Å². The van der Waals surface area contributed by atoms with E-state index < -0.39 is 6.04 Å². The lowest BCUT2D eigenvalue weighted by Gasteiger charge is -2.35. The summed E-state index contributed by atoms with van der Waals surface area (Å²) in [5.74, 6) is 1.24. The third kappa shape index (κ3) is 5.82. The Bertz CT molecular complexity index is 1400. The van der Waals surface area contributed by atoms with Crippen LogP contribution in [0.25, 0.3) is 5.78 Å². The Balaban J connectivity index is 1.30. The number of aromatic nitrogens is 4. The lowest BCUT2D eigenvalue weighted by molar-refractivity contribution is -0.128. The van der Waals surface area contributed by atoms with Crippen molar-refractivity contribution in [1.82, 2.24) is 30.2 Å². The number of carbonyl (C=O) groups is 2. The Morgan fingerprint density at radius 2 is 1.66 bits per heavy atom. The van der Waals surface area contributed by atoms with Crippen LogP contribution >= 0.6 is 0 Å². The Labute approximate surface area is 222 Å². The summed E-state index contributed by atoms with van der Waals surface area (Å²) in [6, 6.07) is 19.5. The third-order valence-corrected chi connectivity index (χ3v) is 7.05.